The maximum Gasteiger partial charge on any atom is 0.311 e. The molecule has 15 heavy (non-hydrogen) atoms. The number of allylic oxidation sites excluding steroid dienone is 2. The third kappa shape index (κ3) is 1.69. The zero-order valence-corrected chi connectivity index (χ0v) is 8.72. The maximum atomic E-state index is 11.9. The zero-order chi connectivity index (χ0) is 10.3. The van der Waals surface area contributed by atoms with E-state index in [-0.39, 0.29) is 18.2 Å². The van der Waals surface area contributed by atoms with Crippen LogP contribution in [0.1, 0.15) is 25.7 Å². The Labute approximate surface area is 89.4 Å². The SMILES string of the molecule is O=C(OC1CCCO1)C1C[C@H]2C=C[C@@H]1C2. The second-order valence-electron chi connectivity index (χ2n) is 4.77. The van der Waals surface area contributed by atoms with Gasteiger partial charge in [-0.05, 0) is 31.1 Å². The number of carbonyl (C=O) groups excluding carboxylic acids is 1. The molecule has 1 aliphatic heterocycles. The van der Waals surface area contributed by atoms with E-state index in [1.165, 1.54) is 0 Å². The lowest BCUT2D eigenvalue weighted by Gasteiger charge is -2.19. The molecule has 3 nitrogen and oxygen atoms in total. The lowest BCUT2D eigenvalue weighted by atomic mass is 9.94. The van der Waals surface area contributed by atoms with E-state index in [2.05, 4.69) is 12.2 Å². The van der Waals surface area contributed by atoms with E-state index in [4.69, 9.17) is 9.47 Å². The van der Waals surface area contributed by atoms with E-state index in [0.29, 0.717) is 11.8 Å². The Hall–Kier alpha value is -0.830. The van der Waals surface area contributed by atoms with Crippen LogP contribution in [0.5, 0.6) is 0 Å². The molecule has 0 radical (unpaired) electrons. The van der Waals surface area contributed by atoms with Crippen molar-refractivity contribution < 1.29 is 14.3 Å². The van der Waals surface area contributed by atoms with Crippen LogP contribution in [0, 0.1) is 17.8 Å². The summed E-state index contributed by atoms with van der Waals surface area (Å²) in [5.41, 5.74) is 0. The highest BCUT2D eigenvalue weighted by molar-refractivity contribution is 5.74. The van der Waals surface area contributed by atoms with Gasteiger partial charge in [-0.15, -0.1) is 0 Å². The lowest BCUT2D eigenvalue weighted by molar-refractivity contribution is -0.175. The molecule has 2 aliphatic carbocycles. The Balaban J connectivity index is 1.58. The summed E-state index contributed by atoms with van der Waals surface area (Å²) in [4.78, 5) is 11.9. The highest BCUT2D eigenvalue weighted by atomic mass is 16.7. The van der Waals surface area contributed by atoms with Crippen molar-refractivity contribution in [2.75, 3.05) is 6.61 Å². The Kier molecular flexibility index (Phi) is 2.28. The number of hydrogen-bond acceptors (Lipinski definition) is 3. The number of fused-ring (bicyclic) bond motifs is 2. The first kappa shape index (κ1) is 9.40. The quantitative estimate of drug-likeness (QED) is 0.513. The molecule has 3 rings (SSSR count). The summed E-state index contributed by atoms with van der Waals surface area (Å²) in [7, 11) is 0. The van der Waals surface area contributed by atoms with Crippen molar-refractivity contribution in [2.24, 2.45) is 17.8 Å². The predicted octanol–water partition coefficient (Wildman–Crippen LogP) is 1.88. The van der Waals surface area contributed by atoms with Crippen LogP contribution in [0.25, 0.3) is 0 Å². The molecule has 0 aromatic rings. The molecule has 2 fully saturated rings. The monoisotopic (exact) mass is 208 g/mol. The van der Waals surface area contributed by atoms with Crippen molar-refractivity contribution in [2.45, 2.75) is 32.0 Å². The standard InChI is InChI=1S/C12H16O3/c13-12(15-11-2-1-5-14-11)10-7-8-3-4-9(10)6-8/h3-4,8-11H,1-2,5-7H2/t8-,9+,10?,11?/m0/s1. The molecule has 0 N–H and O–H groups in total. The molecule has 1 saturated heterocycles. The van der Waals surface area contributed by atoms with Crippen molar-refractivity contribution in [3.8, 4) is 0 Å². The smallest absolute Gasteiger partial charge is 0.311 e. The van der Waals surface area contributed by atoms with E-state index in [9.17, 15) is 4.79 Å². The number of ether oxygens (including phenoxy) is 2. The molecule has 3 aliphatic rings. The molecule has 0 amide bonds. The maximum absolute atomic E-state index is 11.9. The normalized spacial score (nSPS) is 42.4. The number of rotatable bonds is 2. The average Bonchev–Trinajstić information content (AvgIpc) is 2.93. The number of carbonyl (C=O) groups is 1. The molecule has 3 heteroatoms. The van der Waals surface area contributed by atoms with E-state index >= 15 is 0 Å². The number of hydrogen-bond donors (Lipinski definition) is 0. The zero-order valence-electron chi connectivity index (χ0n) is 8.72. The van der Waals surface area contributed by atoms with Crippen LogP contribution >= 0.6 is 0 Å². The van der Waals surface area contributed by atoms with Crippen LogP contribution in [0.2, 0.25) is 0 Å². The second kappa shape index (κ2) is 3.63. The molecule has 1 saturated carbocycles. The highest BCUT2D eigenvalue weighted by Gasteiger charge is 2.41. The Morgan fingerprint density at radius 3 is 2.87 bits per heavy atom. The minimum absolute atomic E-state index is 0.0428. The van der Waals surface area contributed by atoms with Crippen molar-refractivity contribution in [1.29, 1.82) is 0 Å². The second-order valence-corrected chi connectivity index (χ2v) is 4.77. The molecular weight excluding hydrogens is 192 g/mol. The molecule has 4 atom stereocenters. The van der Waals surface area contributed by atoms with Gasteiger partial charge in [-0.2, -0.15) is 0 Å². The summed E-state index contributed by atoms with van der Waals surface area (Å²) in [6.07, 6.45) is 8.14. The highest BCUT2D eigenvalue weighted by Crippen LogP contribution is 2.44. The van der Waals surface area contributed by atoms with Crippen LogP contribution in [0.15, 0.2) is 12.2 Å². The van der Waals surface area contributed by atoms with Gasteiger partial charge < -0.3 is 9.47 Å². The lowest BCUT2D eigenvalue weighted by Crippen LogP contribution is -2.26. The topological polar surface area (TPSA) is 35.5 Å². The van der Waals surface area contributed by atoms with E-state index < -0.39 is 0 Å². The van der Waals surface area contributed by atoms with Crippen LogP contribution in [0.3, 0.4) is 0 Å². The van der Waals surface area contributed by atoms with Crippen LogP contribution in [0.4, 0.5) is 0 Å². The third-order valence-corrected chi connectivity index (χ3v) is 3.72. The van der Waals surface area contributed by atoms with Crippen LogP contribution in [-0.4, -0.2) is 18.9 Å². The average molecular weight is 208 g/mol. The van der Waals surface area contributed by atoms with Gasteiger partial charge in [-0.3, -0.25) is 4.79 Å². The van der Waals surface area contributed by atoms with Gasteiger partial charge in [-0.25, -0.2) is 0 Å². The molecule has 1 heterocycles. The summed E-state index contributed by atoms with van der Waals surface area (Å²) < 4.78 is 10.7. The fourth-order valence-electron chi connectivity index (χ4n) is 2.91. The first-order chi connectivity index (χ1) is 7.33. The Bertz CT molecular complexity index is 291. The van der Waals surface area contributed by atoms with Gasteiger partial charge in [0.1, 0.15) is 0 Å². The summed E-state index contributed by atoms with van der Waals surface area (Å²) in [5, 5.41) is 0. The van der Waals surface area contributed by atoms with E-state index in [1.807, 2.05) is 0 Å². The molecule has 0 spiro atoms. The number of esters is 1. The first-order valence-corrected chi connectivity index (χ1v) is 5.83. The fourth-order valence-corrected chi connectivity index (χ4v) is 2.91. The Morgan fingerprint density at radius 1 is 1.33 bits per heavy atom. The van der Waals surface area contributed by atoms with Gasteiger partial charge in [0.15, 0.2) is 0 Å². The van der Waals surface area contributed by atoms with Crippen molar-refractivity contribution >= 4 is 5.97 Å². The van der Waals surface area contributed by atoms with Crippen molar-refractivity contribution in [3.05, 3.63) is 12.2 Å². The Morgan fingerprint density at radius 2 is 2.27 bits per heavy atom. The largest absolute Gasteiger partial charge is 0.436 e. The molecule has 2 unspecified atom stereocenters. The van der Waals surface area contributed by atoms with Crippen molar-refractivity contribution in [3.63, 3.8) is 0 Å². The summed E-state index contributed by atoms with van der Waals surface area (Å²) >= 11 is 0. The van der Waals surface area contributed by atoms with E-state index in [1.54, 1.807) is 0 Å². The van der Waals surface area contributed by atoms with Gasteiger partial charge in [-0.1, -0.05) is 12.2 Å². The van der Waals surface area contributed by atoms with Gasteiger partial charge in [0.25, 0.3) is 0 Å². The van der Waals surface area contributed by atoms with Gasteiger partial charge in [0.2, 0.25) is 6.29 Å². The molecular formula is C12H16O3. The van der Waals surface area contributed by atoms with Gasteiger partial charge in [0, 0.05) is 6.42 Å². The van der Waals surface area contributed by atoms with Crippen LogP contribution in [-0.2, 0) is 14.3 Å². The molecule has 2 bridgehead atoms. The molecule has 0 aromatic carbocycles. The predicted molar refractivity (Wildman–Crippen MR) is 53.9 cm³/mol. The fraction of sp³-hybridized carbons (Fsp3) is 0.750. The first-order valence-electron chi connectivity index (χ1n) is 5.83. The summed E-state index contributed by atoms with van der Waals surface area (Å²) in [6.45, 7) is 0.731. The molecule has 82 valence electrons. The van der Waals surface area contributed by atoms with Gasteiger partial charge in [0.05, 0.1) is 12.5 Å². The summed E-state index contributed by atoms with van der Waals surface area (Å²) in [5.74, 6) is 1.11. The summed E-state index contributed by atoms with van der Waals surface area (Å²) in [6, 6.07) is 0. The minimum atomic E-state index is -0.263. The van der Waals surface area contributed by atoms with Gasteiger partial charge >= 0.3 is 5.97 Å². The van der Waals surface area contributed by atoms with Crippen LogP contribution < -0.4 is 0 Å². The van der Waals surface area contributed by atoms with Crippen molar-refractivity contribution in [1.82, 2.24) is 0 Å². The minimum Gasteiger partial charge on any atom is -0.436 e. The van der Waals surface area contributed by atoms with E-state index in [0.717, 1.165) is 32.3 Å². The third-order valence-electron chi connectivity index (χ3n) is 3.72. The molecule has 0 aromatic heterocycles.